The molecule has 15 heavy (non-hydrogen) atoms. The van der Waals surface area contributed by atoms with Gasteiger partial charge in [-0.3, -0.25) is 4.90 Å². The van der Waals surface area contributed by atoms with E-state index >= 15 is 0 Å². The molecule has 0 saturated carbocycles. The van der Waals surface area contributed by atoms with Gasteiger partial charge in [-0.15, -0.1) is 0 Å². The van der Waals surface area contributed by atoms with E-state index in [1.807, 2.05) is 12.1 Å². The van der Waals surface area contributed by atoms with Crippen molar-refractivity contribution in [3.05, 3.63) is 24.3 Å². The van der Waals surface area contributed by atoms with Crippen molar-refractivity contribution in [3.63, 3.8) is 0 Å². The molecule has 5 heteroatoms. The summed E-state index contributed by atoms with van der Waals surface area (Å²) in [7, 11) is 1.54. The number of hydrogen-bond acceptors (Lipinski definition) is 3. The van der Waals surface area contributed by atoms with E-state index < -0.39 is 6.03 Å². The molecule has 0 bridgehead atoms. The van der Waals surface area contributed by atoms with E-state index in [9.17, 15) is 4.79 Å². The Morgan fingerprint density at radius 2 is 2.13 bits per heavy atom. The molecule has 0 radical (unpaired) electrons. The van der Waals surface area contributed by atoms with Crippen LogP contribution in [0.5, 0.6) is 5.75 Å². The van der Waals surface area contributed by atoms with E-state index in [2.05, 4.69) is 0 Å². The van der Waals surface area contributed by atoms with Gasteiger partial charge in [0.1, 0.15) is 5.75 Å². The van der Waals surface area contributed by atoms with Crippen molar-refractivity contribution in [1.82, 2.24) is 0 Å². The number of nitrogens with zero attached hydrogens (tertiary/aromatic N) is 1. The van der Waals surface area contributed by atoms with Gasteiger partial charge in [-0.05, 0) is 12.1 Å². The van der Waals surface area contributed by atoms with E-state index in [1.54, 1.807) is 19.2 Å². The van der Waals surface area contributed by atoms with Gasteiger partial charge < -0.3 is 16.2 Å². The summed E-state index contributed by atoms with van der Waals surface area (Å²) in [6, 6.07) is 6.62. The van der Waals surface area contributed by atoms with Crippen molar-refractivity contribution in [2.24, 2.45) is 11.5 Å². The van der Waals surface area contributed by atoms with E-state index in [1.165, 1.54) is 4.90 Å². The van der Waals surface area contributed by atoms with E-state index in [0.717, 1.165) is 0 Å². The lowest BCUT2D eigenvalue weighted by molar-refractivity contribution is 0.254. The zero-order chi connectivity index (χ0) is 11.3. The fourth-order valence-electron chi connectivity index (χ4n) is 1.33. The Bertz CT molecular complexity index is 341. The zero-order valence-corrected chi connectivity index (χ0v) is 8.64. The predicted octanol–water partition coefficient (Wildman–Crippen LogP) is 0.539. The second-order valence-electron chi connectivity index (χ2n) is 2.95. The summed E-state index contributed by atoms with van der Waals surface area (Å²) in [5.41, 5.74) is 11.3. The van der Waals surface area contributed by atoms with Crippen LogP contribution in [0.25, 0.3) is 0 Å². The molecule has 0 spiro atoms. The Kier molecular flexibility index (Phi) is 3.93. The average Bonchev–Trinajstić information content (AvgIpc) is 2.25. The third-order valence-electron chi connectivity index (χ3n) is 1.99. The lowest BCUT2D eigenvalue weighted by Crippen LogP contribution is -2.39. The SMILES string of the molecule is COc1ccccc1N(CCN)C(N)=O. The number of rotatable bonds is 4. The number of amides is 2. The van der Waals surface area contributed by atoms with Crippen LogP contribution in [-0.4, -0.2) is 26.2 Å². The Morgan fingerprint density at radius 3 is 2.67 bits per heavy atom. The molecule has 1 rings (SSSR count). The molecule has 0 aliphatic carbocycles. The number of nitrogens with two attached hydrogens (primary N) is 2. The minimum Gasteiger partial charge on any atom is -0.495 e. The van der Waals surface area contributed by atoms with E-state index in [0.29, 0.717) is 24.5 Å². The molecule has 0 aromatic heterocycles. The Hall–Kier alpha value is -1.75. The van der Waals surface area contributed by atoms with Gasteiger partial charge in [0.2, 0.25) is 0 Å². The highest BCUT2D eigenvalue weighted by Gasteiger charge is 2.14. The van der Waals surface area contributed by atoms with Crippen molar-refractivity contribution >= 4 is 11.7 Å². The van der Waals surface area contributed by atoms with Gasteiger partial charge in [-0.25, -0.2) is 4.79 Å². The molecule has 0 heterocycles. The van der Waals surface area contributed by atoms with Crippen LogP contribution in [0, 0.1) is 0 Å². The first-order valence-corrected chi connectivity index (χ1v) is 4.60. The van der Waals surface area contributed by atoms with Crippen molar-refractivity contribution in [3.8, 4) is 5.75 Å². The summed E-state index contributed by atoms with van der Waals surface area (Å²) in [6.45, 7) is 0.719. The molecule has 0 saturated heterocycles. The smallest absolute Gasteiger partial charge is 0.319 e. The first-order chi connectivity index (χ1) is 7.20. The van der Waals surface area contributed by atoms with Gasteiger partial charge in [0.15, 0.2) is 0 Å². The quantitative estimate of drug-likeness (QED) is 0.759. The summed E-state index contributed by atoms with van der Waals surface area (Å²) < 4.78 is 5.13. The second-order valence-corrected chi connectivity index (χ2v) is 2.95. The van der Waals surface area contributed by atoms with Gasteiger partial charge >= 0.3 is 6.03 Å². The van der Waals surface area contributed by atoms with Gasteiger partial charge in [-0.2, -0.15) is 0 Å². The number of carbonyl (C=O) groups excluding carboxylic acids is 1. The maximum atomic E-state index is 11.2. The highest BCUT2D eigenvalue weighted by molar-refractivity contribution is 5.92. The van der Waals surface area contributed by atoms with E-state index in [-0.39, 0.29) is 0 Å². The third-order valence-corrected chi connectivity index (χ3v) is 1.99. The number of urea groups is 1. The molecule has 5 nitrogen and oxygen atoms in total. The average molecular weight is 209 g/mol. The Labute approximate surface area is 88.6 Å². The standard InChI is InChI=1S/C10H15N3O2/c1-15-9-5-3-2-4-8(9)13(7-6-11)10(12)14/h2-5H,6-7,11H2,1H3,(H2,12,14). The summed E-state index contributed by atoms with van der Waals surface area (Å²) >= 11 is 0. The summed E-state index contributed by atoms with van der Waals surface area (Å²) in [5, 5.41) is 0. The fraction of sp³-hybridized carbons (Fsp3) is 0.300. The number of benzene rings is 1. The molecule has 1 aromatic carbocycles. The van der Waals surface area contributed by atoms with Crippen LogP contribution in [0.1, 0.15) is 0 Å². The normalized spacial score (nSPS) is 9.73. The van der Waals surface area contributed by atoms with Crippen molar-refractivity contribution in [1.29, 1.82) is 0 Å². The number of hydrogen-bond donors (Lipinski definition) is 2. The maximum absolute atomic E-state index is 11.2. The summed E-state index contributed by atoms with van der Waals surface area (Å²) in [4.78, 5) is 12.6. The molecule has 2 amide bonds. The Morgan fingerprint density at radius 1 is 1.47 bits per heavy atom. The van der Waals surface area contributed by atoms with Crippen molar-refractivity contribution in [2.45, 2.75) is 0 Å². The molecule has 0 aliphatic heterocycles. The minimum absolute atomic E-state index is 0.348. The van der Waals surface area contributed by atoms with Crippen LogP contribution in [0.3, 0.4) is 0 Å². The molecular formula is C10H15N3O2. The maximum Gasteiger partial charge on any atom is 0.319 e. The van der Waals surface area contributed by atoms with Gasteiger partial charge in [0.25, 0.3) is 0 Å². The van der Waals surface area contributed by atoms with Crippen LogP contribution < -0.4 is 21.1 Å². The Balaban J connectivity index is 3.04. The minimum atomic E-state index is -0.537. The molecule has 0 aliphatic rings. The predicted molar refractivity (Wildman–Crippen MR) is 59.0 cm³/mol. The highest BCUT2D eigenvalue weighted by atomic mass is 16.5. The first-order valence-electron chi connectivity index (χ1n) is 4.60. The van der Waals surface area contributed by atoms with Crippen LogP contribution in [0.15, 0.2) is 24.3 Å². The number of anilines is 1. The van der Waals surface area contributed by atoms with Crippen LogP contribution in [0.2, 0.25) is 0 Å². The number of carbonyl (C=O) groups is 1. The van der Waals surface area contributed by atoms with Crippen molar-refractivity contribution < 1.29 is 9.53 Å². The fourth-order valence-corrected chi connectivity index (χ4v) is 1.33. The molecule has 1 aromatic rings. The second kappa shape index (κ2) is 5.21. The number of methoxy groups -OCH3 is 1. The van der Waals surface area contributed by atoms with Gasteiger partial charge in [-0.1, -0.05) is 12.1 Å². The van der Waals surface area contributed by atoms with Crippen LogP contribution in [-0.2, 0) is 0 Å². The summed E-state index contributed by atoms with van der Waals surface area (Å²) in [6.07, 6.45) is 0. The zero-order valence-electron chi connectivity index (χ0n) is 8.64. The number of primary amides is 1. The molecule has 0 unspecified atom stereocenters. The van der Waals surface area contributed by atoms with Crippen LogP contribution >= 0.6 is 0 Å². The molecule has 82 valence electrons. The lowest BCUT2D eigenvalue weighted by atomic mass is 10.2. The molecule has 4 N–H and O–H groups in total. The third kappa shape index (κ3) is 2.60. The van der Waals surface area contributed by atoms with Gasteiger partial charge in [0, 0.05) is 13.1 Å². The van der Waals surface area contributed by atoms with E-state index in [4.69, 9.17) is 16.2 Å². The lowest BCUT2D eigenvalue weighted by Gasteiger charge is -2.21. The monoisotopic (exact) mass is 209 g/mol. The molecule has 0 fully saturated rings. The molecular weight excluding hydrogens is 194 g/mol. The molecule has 0 atom stereocenters. The largest absolute Gasteiger partial charge is 0.495 e. The first kappa shape index (κ1) is 11.3. The van der Waals surface area contributed by atoms with Crippen molar-refractivity contribution in [2.75, 3.05) is 25.1 Å². The summed E-state index contributed by atoms with van der Waals surface area (Å²) in [5.74, 6) is 0.602. The number of para-hydroxylation sites is 2. The highest BCUT2D eigenvalue weighted by Crippen LogP contribution is 2.26. The van der Waals surface area contributed by atoms with Crippen LogP contribution in [0.4, 0.5) is 10.5 Å². The number of ether oxygens (including phenoxy) is 1. The van der Waals surface area contributed by atoms with Gasteiger partial charge in [0.05, 0.1) is 12.8 Å². The topological polar surface area (TPSA) is 81.6 Å².